The molecule has 0 fully saturated rings. The molecule has 5 nitrogen and oxygen atoms in total. The highest BCUT2D eigenvalue weighted by Gasteiger charge is 2.02. The minimum atomic E-state index is 0.107. The molecule has 0 bridgehead atoms. The van der Waals surface area contributed by atoms with Crippen molar-refractivity contribution in [2.75, 3.05) is 32.5 Å². The van der Waals surface area contributed by atoms with Crippen molar-refractivity contribution in [3.63, 3.8) is 0 Å². The number of hydrogen-bond donors (Lipinski definition) is 2. The molecule has 1 aromatic rings. The van der Waals surface area contributed by atoms with Gasteiger partial charge in [0.25, 0.3) is 0 Å². The van der Waals surface area contributed by atoms with Crippen LogP contribution < -0.4 is 10.2 Å². The van der Waals surface area contributed by atoms with Gasteiger partial charge in [0.05, 0.1) is 20.6 Å². The molecule has 1 rings (SSSR count). The minimum Gasteiger partial charge on any atom is -0.354 e. The van der Waals surface area contributed by atoms with Crippen LogP contribution >= 0.6 is 23.2 Å². The average Bonchev–Trinajstić information content (AvgIpc) is 2.10. The fourth-order valence-corrected chi connectivity index (χ4v) is 1.41. The van der Waals surface area contributed by atoms with Gasteiger partial charge in [0, 0.05) is 13.0 Å². The summed E-state index contributed by atoms with van der Waals surface area (Å²) in [5.74, 6) is 0.425. The highest BCUT2D eigenvalue weighted by Crippen LogP contribution is 2.08. The average molecular weight is 251 g/mol. The molecule has 7 heteroatoms. The van der Waals surface area contributed by atoms with Crippen molar-refractivity contribution in [3.8, 4) is 0 Å². The predicted octanol–water partition coefficient (Wildman–Crippen LogP) is 0.125. The molecular formula is C8H14Cl2N5+. The van der Waals surface area contributed by atoms with Gasteiger partial charge in [-0.1, -0.05) is 0 Å². The lowest BCUT2D eigenvalue weighted by Gasteiger charge is -2.07. The van der Waals surface area contributed by atoms with Crippen LogP contribution in [-0.4, -0.2) is 42.1 Å². The monoisotopic (exact) mass is 250 g/mol. The molecule has 0 unspecified atom stereocenters. The number of nitrogens with one attached hydrogen (secondary N) is 2. The number of nitrogens with zero attached hydrogens (tertiary/aromatic N) is 3. The zero-order chi connectivity index (χ0) is 11.3. The van der Waals surface area contributed by atoms with Crippen LogP contribution in [0.3, 0.4) is 0 Å². The molecule has 2 N–H and O–H groups in total. The molecule has 0 amide bonds. The Labute approximate surface area is 98.8 Å². The van der Waals surface area contributed by atoms with E-state index >= 15 is 0 Å². The second kappa shape index (κ2) is 6.05. The van der Waals surface area contributed by atoms with Crippen molar-refractivity contribution in [2.45, 2.75) is 6.42 Å². The molecule has 0 aliphatic carbocycles. The van der Waals surface area contributed by atoms with Gasteiger partial charge in [-0.25, -0.2) is 0 Å². The summed E-state index contributed by atoms with van der Waals surface area (Å²) in [6.45, 7) is 1.88. The summed E-state index contributed by atoms with van der Waals surface area (Å²) in [6.07, 6.45) is 1.03. The molecule has 0 aromatic carbocycles. The maximum Gasteiger partial charge on any atom is 0.228 e. The highest BCUT2D eigenvalue weighted by molar-refractivity contribution is 6.31. The number of quaternary nitrogens is 1. The first-order chi connectivity index (χ1) is 7.08. The predicted molar refractivity (Wildman–Crippen MR) is 60.6 cm³/mol. The molecule has 0 saturated heterocycles. The molecular weight excluding hydrogens is 237 g/mol. The molecule has 84 valence electrons. The van der Waals surface area contributed by atoms with Crippen LogP contribution in [-0.2, 0) is 0 Å². The van der Waals surface area contributed by atoms with Gasteiger partial charge in [0.1, 0.15) is 0 Å². The topological polar surface area (TPSA) is 55.1 Å². The Bertz CT molecular complexity index is 298. The van der Waals surface area contributed by atoms with Crippen LogP contribution in [0, 0.1) is 0 Å². The van der Waals surface area contributed by atoms with Gasteiger partial charge >= 0.3 is 0 Å². The van der Waals surface area contributed by atoms with Crippen molar-refractivity contribution >= 4 is 29.2 Å². The summed E-state index contributed by atoms with van der Waals surface area (Å²) in [4.78, 5) is 12.8. The third kappa shape index (κ3) is 5.11. The Kier molecular flexibility index (Phi) is 5.01. The summed E-state index contributed by atoms with van der Waals surface area (Å²) in [5.41, 5.74) is 0. The van der Waals surface area contributed by atoms with Crippen LogP contribution in [0.15, 0.2) is 0 Å². The summed E-state index contributed by atoms with van der Waals surface area (Å²) in [7, 11) is 4.22. The second-order valence-corrected chi connectivity index (χ2v) is 4.11. The van der Waals surface area contributed by atoms with Crippen LogP contribution in [0.1, 0.15) is 6.42 Å². The Morgan fingerprint density at radius 1 is 1.13 bits per heavy atom. The summed E-state index contributed by atoms with van der Waals surface area (Å²) in [5, 5.41) is 3.25. The molecule has 0 atom stereocenters. The highest BCUT2D eigenvalue weighted by atomic mass is 35.5. The van der Waals surface area contributed by atoms with E-state index in [2.05, 4.69) is 34.4 Å². The fourth-order valence-electron chi connectivity index (χ4n) is 1.05. The van der Waals surface area contributed by atoms with E-state index in [9.17, 15) is 0 Å². The van der Waals surface area contributed by atoms with Crippen molar-refractivity contribution < 1.29 is 4.90 Å². The number of hydrogen-bond acceptors (Lipinski definition) is 4. The first-order valence-electron chi connectivity index (χ1n) is 4.68. The fraction of sp³-hybridized carbons (Fsp3) is 0.625. The van der Waals surface area contributed by atoms with Gasteiger partial charge in [0.2, 0.25) is 16.5 Å². The largest absolute Gasteiger partial charge is 0.354 e. The number of halogens is 2. The molecule has 0 aliphatic rings. The Morgan fingerprint density at radius 3 is 2.27 bits per heavy atom. The number of aromatic nitrogens is 3. The smallest absolute Gasteiger partial charge is 0.228 e. The van der Waals surface area contributed by atoms with Crippen molar-refractivity contribution in [2.24, 2.45) is 0 Å². The molecule has 0 aliphatic heterocycles. The Balaban J connectivity index is 2.37. The van der Waals surface area contributed by atoms with Crippen molar-refractivity contribution in [3.05, 3.63) is 10.6 Å². The van der Waals surface area contributed by atoms with Gasteiger partial charge in [-0.2, -0.15) is 15.0 Å². The lowest BCUT2D eigenvalue weighted by atomic mass is 10.4. The van der Waals surface area contributed by atoms with E-state index in [0.29, 0.717) is 5.95 Å². The van der Waals surface area contributed by atoms with Gasteiger partial charge in [-0.05, 0) is 23.2 Å². The second-order valence-electron chi connectivity index (χ2n) is 3.43. The third-order valence-corrected chi connectivity index (χ3v) is 2.06. The third-order valence-electron chi connectivity index (χ3n) is 1.72. The normalized spacial score (nSPS) is 10.7. The van der Waals surface area contributed by atoms with E-state index in [-0.39, 0.29) is 10.6 Å². The Morgan fingerprint density at radius 2 is 1.73 bits per heavy atom. The lowest BCUT2D eigenvalue weighted by molar-refractivity contribution is -0.858. The minimum absolute atomic E-state index is 0.107. The van der Waals surface area contributed by atoms with E-state index in [4.69, 9.17) is 23.2 Å². The quantitative estimate of drug-likeness (QED) is 0.730. The first kappa shape index (κ1) is 12.4. The maximum atomic E-state index is 5.62. The van der Waals surface area contributed by atoms with E-state index in [1.165, 1.54) is 4.90 Å². The van der Waals surface area contributed by atoms with E-state index in [0.717, 1.165) is 19.5 Å². The lowest BCUT2D eigenvalue weighted by Crippen LogP contribution is -3.05. The van der Waals surface area contributed by atoms with Crippen LogP contribution in [0.25, 0.3) is 0 Å². The van der Waals surface area contributed by atoms with E-state index in [1.807, 2.05) is 0 Å². The number of rotatable bonds is 5. The summed E-state index contributed by atoms with van der Waals surface area (Å²) < 4.78 is 0. The first-order valence-corrected chi connectivity index (χ1v) is 5.43. The molecule has 15 heavy (non-hydrogen) atoms. The van der Waals surface area contributed by atoms with Gasteiger partial charge < -0.3 is 10.2 Å². The standard InChI is InChI=1S/C8H13Cl2N5/c1-15(2)5-3-4-11-8-13-6(9)12-7(10)14-8/h3-5H2,1-2H3,(H,11,12,13,14)/p+1. The molecule has 0 spiro atoms. The van der Waals surface area contributed by atoms with Crippen molar-refractivity contribution in [1.29, 1.82) is 0 Å². The Hall–Kier alpha value is -0.650. The molecule has 1 aromatic heterocycles. The van der Waals surface area contributed by atoms with Gasteiger partial charge in [0.15, 0.2) is 0 Å². The van der Waals surface area contributed by atoms with E-state index in [1.54, 1.807) is 0 Å². The van der Waals surface area contributed by atoms with Gasteiger partial charge in [-0.3, -0.25) is 0 Å². The van der Waals surface area contributed by atoms with E-state index < -0.39 is 0 Å². The zero-order valence-electron chi connectivity index (χ0n) is 8.72. The van der Waals surface area contributed by atoms with Crippen LogP contribution in [0.2, 0.25) is 10.6 Å². The van der Waals surface area contributed by atoms with Gasteiger partial charge in [-0.15, -0.1) is 0 Å². The number of anilines is 1. The zero-order valence-corrected chi connectivity index (χ0v) is 10.2. The molecule has 0 radical (unpaired) electrons. The molecule has 0 saturated carbocycles. The van der Waals surface area contributed by atoms with Crippen molar-refractivity contribution in [1.82, 2.24) is 15.0 Å². The SMILES string of the molecule is C[NH+](C)CCCNc1nc(Cl)nc(Cl)n1. The summed E-state index contributed by atoms with van der Waals surface area (Å²) >= 11 is 11.2. The van der Waals surface area contributed by atoms with Crippen LogP contribution in [0.5, 0.6) is 0 Å². The van der Waals surface area contributed by atoms with Crippen LogP contribution in [0.4, 0.5) is 5.95 Å². The summed E-state index contributed by atoms with van der Waals surface area (Å²) in [6, 6.07) is 0. The maximum absolute atomic E-state index is 5.62. The molecule has 1 heterocycles.